The summed E-state index contributed by atoms with van der Waals surface area (Å²) in [7, 11) is 0. The fraction of sp³-hybridized carbons (Fsp3) is 0.733. The maximum Gasteiger partial charge on any atom is 0.0992 e. The third kappa shape index (κ3) is 5.40. The molecule has 1 rings (SSSR count). The van der Waals surface area contributed by atoms with E-state index >= 15 is 0 Å². The summed E-state index contributed by atoms with van der Waals surface area (Å²) in [4.78, 5) is 0. The molecular formula is C15H26O2. The van der Waals surface area contributed by atoms with Crippen molar-refractivity contribution >= 4 is 0 Å². The molecule has 2 nitrogen and oxygen atoms in total. The Morgan fingerprint density at radius 1 is 1.47 bits per heavy atom. The van der Waals surface area contributed by atoms with Crippen LogP contribution in [-0.4, -0.2) is 19.3 Å². The zero-order chi connectivity index (χ0) is 12.9. The largest absolute Gasteiger partial charge is 0.498 e. The molecule has 0 aromatic rings. The second-order valence-corrected chi connectivity index (χ2v) is 5.78. The maximum atomic E-state index is 5.91. The van der Waals surface area contributed by atoms with Crippen molar-refractivity contribution in [2.24, 2.45) is 11.3 Å². The topological polar surface area (TPSA) is 21.8 Å². The Kier molecular flexibility index (Phi) is 5.26. The van der Waals surface area contributed by atoms with Crippen molar-refractivity contribution in [1.29, 1.82) is 0 Å². The minimum atomic E-state index is 0.226. The van der Waals surface area contributed by atoms with Crippen LogP contribution in [0, 0.1) is 11.3 Å². The van der Waals surface area contributed by atoms with Crippen molar-refractivity contribution < 1.29 is 9.47 Å². The summed E-state index contributed by atoms with van der Waals surface area (Å²) in [6.07, 6.45) is 7.62. The standard InChI is InChI=1S/C15H26O2/c1-6-7-8-14(12(2)15(3,4)5)16-10-9-13-11-17-13/h6-8,12-13H,9-11H2,1-5H3/b7-6-,14-8+. The molecule has 0 aromatic carbocycles. The molecule has 1 aliphatic heterocycles. The number of epoxide rings is 1. The van der Waals surface area contributed by atoms with E-state index in [1.165, 1.54) is 0 Å². The van der Waals surface area contributed by atoms with Crippen LogP contribution in [0.2, 0.25) is 0 Å². The Balaban J connectivity index is 2.52. The molecule has 0 bridgehead atoms. The van der Waals surface area contributed by atoms with Gasteiger partial charge in [0.15, 0.2) is 0 Å². The van der Waals surface area contributed by atoms with Crippen molar-refractivity contribution in [2.45, 2.75) is 47.1 Å². The first-order valence-electron chi connectivity index (χ1n) is 6.52. The highest BCUT2D eigenvalue weighted by Gasteiger charge is 2.26. The molecule has 0 radical (unpaired) electrons. The predicted molar refractivity (Wildman–Crippen MR) is 71.8 cm³/mol. The third-order valence-electron chi connectivity index (χ3n) is 3.29. The molecule has 0 saturated carbocycles. The fourth-order valence-corrected chi connectivity index (χ4v) is 1.48. The second kappa shape index (κ2) is 6.25. The number of rotatable bonds is 6. The molecule has 0 amide bonds. The minimum Gasteiger partial charge on any atom is -0.498 e. The molecule has 2 unspecified atom stereocenters. The predicted octanol–water partition coefficient (Wildman–Crippen LogP) is 3.93. The monoisotopic (exact) mass is 238 g/mol. The number of hydrogen-bond acceptors (Lipinski definition) is 2. The lowest BCUT2D eigenvalue weighted by molar-refractivity contribution is 0.130. The third-order valence-corrected chi connectivity index (χ3v) is 3.29. The minimum absolute atomic E-state index is 0.226. The zero-order valence-corrected chi connectivity index (χ0v) is 11.8. The van der Waals surface area contributed by atoms with E-state index in [1.807, 2.05) is 19.1 Å². The highest BCUT2D eigenvalue weighted by atomic mass is 16.6. The Hall–Kier alpha value is -0.760. The van der Waals surface area contributed by atoms with Crippen molar-refractivity contribution in [3.8, 4) is 0 Å². The molecule has 1 fully saturated rings. The Labute approximate surface area is 106 Å². The average Bonchev–Trinajstić information content (AvgIpc) is 3.04. The van der Waals surface area contributed by atoms with Crippen LogP contribution in [0.3, 0.4) is 0 Å². The zero-order valence-electron chi connectivity index (χ0n) is 11.8. The van der Waals surface area contributed by atoms with Crippen LogP contribution < -0.4 is 0 Å². The van der Waals surface area contributed by atoms with Gasteiger partial charge in [-0.25, -0.2) is 0 Å². The Morgan fingerprint density at radius 3 is 2.59 bits per heavy atom. The molecule has 98 valence electrons. The smallest absolute Gasteiger partial charge is 0.0992 e. The summed E-state index contributed by atoms with van der Waals surface area (Å²) >= 11 is 0. The fourth-order valence-electron chi connectivity index (χ4n) is 1.48. The number of hydrogen-bond donors (Lipinski definition) is 0. The summed E-state index contributed by atoms with van der Waals surface area (Å²) in [6, 6.07) is 0. The molecule has 2 atom stereocenters. The van der Waals surface area contributed by atoms with Gasteiger partial charge in [0.2, 0.25) is 0 Å². The van der Waals surface area contributed by atoms with Crippen LogP contribution in [-0.2, 0) is 9.47 Å². The van der Waals surface area contributed by atoms with Gasteiger partial charge in [0, 0.05) is 12.3 Å². The quantitative estimate of drug-likeness (QED) is 0.397. The van der Waals surface area contributed by atoms with E-state index in [2.05, 4.69) is 33.8 Å². The Bertz CT molecular complexity index is 280. The van der Waals surface area contributed by atoms with Crippen molar-refractivity contribution in [1.82, 2.24) is 0 Å². The van der Waals surface area contributed by atoms with E-state index in [-0.39, 0.29) is 5.41 Å². The van der Waals surface area contributed by atoms with Crippen LogP contribution >= 0.6 is 0 Å². The van der Waals surface area contributed by atoms with Gasteiger partial charge in [-0.1, -0.05) is 39.8 Å². The number of ether oxygens (including phenoxy) is 2. The van der Waals surface area contributed by atoms with Gasteiger partial charge in [-0.3, -0.25) is 0 Å². The molecule has 0 aliphatic carbocycles. The molecule has 1 heterocycles. The van der Waals surface area contributed by atoms with Gasteiger partial charge in [-0.15, -0.1) is 0 Å². The van der Waals surface area contributed by atoms with Gasteiger partial charge >= 0.3 is 0 Å². The van der Waals surface area contributed by atoms with Gasteiger partial charge in [-0.05, 0) is 18.4 Å². The molecular weight excluding hydrogens is 212 g/mol. The van der Waals surface area contributed by atoms with Gasteiger partial charge in [0.1, 0.15) is 0 Å². The van der Waals surface area contributed by atoms with Crippen molar-refractivity contribution in [3.05, 3.63) is 24.0 Å². The molecule has 17 heavy (non-hydrogen) atoms. The van der Waals surface area contributed by atoms with Gasteiger partial charge in [0.25, 0.3) is 0 Å². The summed E-state index contributed by atoms with van der Waals surface area (Å²) in [6.45, 7) is 12.6. The SMILES string of the molecule is C/C=C\C=C(\OCCC1CO1)C(C)C(C)(C)C. The molecule has 0 spiro atoms. The first kappa shape index (κ1) is 14.3. The van der Waals surface area contributed by atoms with Crippen LogP contribution in [0.1, 0.15) is 41.0 Å². The lowest BCUT2D eigenvalue weighted by Crippen LogP contribution is -2.21. The van der Waals surface area contributed by atoms with Crippen LogP contribution in [0.15, 0.2) is 24.0 Å². The normalized spacial score (nSPS) is 22.9. The highest BCUT2D eigenvalue weighted by molar-refractivity contribution is 5.11. The molecule has 2 heteroatoms. The first-order chi connectivity index (χ1) is 7.95. The van der Waals surface area contributed by atoms with E-state index < -0.39 is 0 Å². The van der Waals surface area contributed by atoms with Crippen LogP contribution in [0.25, 0.3) is 0 Å². The molecule has 1 aliphatic rings. The van der Waals surface area contributed by atoms with Crippen LogP contribution in [0.5, 0.6) is 0 Å². The molecule has 1 saturated heterocycles. The second-order valence-electron chi connectivity index (χ2n) is 5.78. The van der Waals surface area contributed by atoms with E-state index in [9.17, 15) is 0 Å². The summed E-state index contributed by atoms with van der Waals surface area (Å²) in [5.74, 6) is 1.50. The van der Waals surface area contributed by atoms with Crippen molar-refractivity contribution in [2.75, 3.05) is 13.2 Å². The van der Waals surface area contributed by atoms with E-state index in [0.29, 0.717) is 12.0 Å². The lowest BCUT2D eigenvalue weighted by Gasteiger charge is -2.29. The first-order valence-corrected chi connectivity index (χ1v) is 6.52. The Morgan fingerprint density at radius 2 is 2.12 bits per heavy atom. The van der Waals surface area contributed by atoms with Gasteiger partial charge in [0.05, 0.1) is 25.1 Å². The van der Waals surface area contributed by atoms with E-state index in [0.717, 1.165) is 25.4 Å². The molecule has 0 aromatic heterocycles. The van der Waals surface area contributed by atoms with Crippen molar-refractivity contribution in [3.63, 3.8) is 0 Å². The van der Waals surface area contributed by atoms with Crippen LogP contribution in [0.4, 0.5) is 0 Å². The summed E-state index contributed by atoms with van der Waals surface area (Å²) in [5.41, 5.74) is 0.226. The average molecular weight is 238 g/mol. The molecule has 0 N–H and O–H groups in total. The summed E-state index contributed by atoms with van der Waals surface area (Å²) in [5, 5.41) is 0. The lowest BCUT2D eigenvalue weighted by atomic mass is 9.80. The van der Waals surface area contributed by atoms with E-state index in [4.69, 9.17) is 9.47 Å². The van der Waals surface area contributed by atoms with Gasteiger partial charge < -0.3 is 9.47 Å². The summed E-state index contributed by atoms with van der Waals surface area (Å²) < 4.78 is 11.1. The van der Waals surface area contributed by atoms with Gasteiger partial charge in [-0.2, -0.15) is 0 Å². The van der Waals surface area contributed by atoms with E-state index in [1.54, 1.807) is 0 Å². The number of allylic oxidation sites excluding steroid dienone is 4. The highest BCUT2D eigenvalue weighted by Crippen LogP contribution is 2.32. The maximum absolute atomic E-state index is 5.91.